The minimum absolute atomic E-state index is 0.217. The van der Waals surface area contributed by atoms with Crippen LogP contribution >= 0.6 is 23.2 Å². The summed E-state index contributed by atoms with van der Waals surface area (Å²) in [6.07, 6.45) is 1.73. The van der Waals surface area contributed by atoms with Crippen LogP contribution in [0, 0.1) is 0 Å². The van der Waals surface area contributed by atoms with Crippen LogP contribution < -0.4 is 10.2 Å². The standard InChI is InChI=1S/C17H14Cl2N2O2/c18-12-7-3-8-13(15(12)19)20-16(22)17(23)21-10-4-6-11-5-1-2-9-14(11)21/h1-3,5,7-9H,4,6,10H2,(H,20,22). The van der Waals surface area contributed by atoms with Gasteiger partial charge >= 0.3 is 11.8 Å². The zero-order valence-corrected chi connectivity index (χ0v) is 13.7. The third-order valence-electron chi connectivity index (χ3n) is 3.75. The topological polar surface area (TPSA) is 49.4 Å². The number of nitrogens with one attached hydrogen (secondary N) is 1. The maximum atomic E-state index is 12.5. The van der Waals surface area contributed by atoms with Gasteiger partial charge in [0.25, 0.3) is 0 Å². The van der Waals surface area contributed by atoms with E-state index in [0.29, 0.717) is 17.3 Å². The first kappa shape index (κ1) is 15.8. The first-order chi connectivity index (χ1) is 11.1. The molecule has 2 amide bonds. The van der Waals surface area contributed by atoms with Gasteiger partial charge < -0.3 is 10.2 Å². The van der Waals surface area contributed by atoms with Crippen molar-refractivity contribution in [3.8, 4) is 0 Å². The summed E-state index contributed by atoms with van der Waals surface area (Å²) in [5.74, 6) is -1.33. The largest absolute Gasteiger partial charge is 0.316 e. The van der Waals surface area contributed by atoms with Crippen molar-refractivity contribution in [2.75, 3.05) is 16.8 Å². The third kappa shape index (κ3) is 3.19. The van der Waals surface area contributed by atoms with Gasteiger partial charge in [0.1, 0.15) is 0 Å². The monoisotopic (exact) mass is 348 g/mol. The Labute approximate surface area is 144 Å². The van der Waals surface area contributed by atoms with Crippen molar-refractivity contribution in [2.24, 2.45) is 0 Å². The summed E-state index contributed by atoms with van der Waals surface area (Å²) in [5.41, 5.74) is 2.18. The average Bonchev–Trinajstić information content (AvgIpc) is 2.57. The van der Waals surface area contributed by atoms with E-state index in [9.17, 15) is 9.59 Å². The molecule has 0 fully saturated rings. The lowest BCUT2D eigenvalue weighted by Crippen LogP contribution is -2.42. The van der Waals surface area contributed by atoms with Crippen molar-refractivity contribution in [3.63, 3.8) is 0 Å². The molecule has 2 aromatic carbocycles. The molecule has 0 unspecified atom stereocenters. The number of amides is 2. The number of nitrogens with zero attached hydrogens (tertiary/aromatic N) is 1. The van der Waals surface area contributed by atoms with Crippen LogP contribution in [0.2, 0.25) is 10.0 Å². The van der Waals surface area contributed by atoms with Crippen LogP contribution in [-0.4, -0.2) is 18.4 Å². The molecule has 0 spiro atoms. The zero-order chi connectivity index (χ0) is 16.4. The highest BCUT2D eigenvalue weighted by Crippen LogP contribution is 2.30. The van der Waals surface area contributed by atoms with Crippen LogP contribution in [0.1, 0.15) is 12.0 Å². The number of rotatable bonds is 1. The number of carbonyl (C=O) groups is 2. The van der Waals surface area contributed by atoms with E-state index >= 15 is 0 Å². The quantitative estimate of drug-likeness (QED) is 0.794. The molecular weight excluding hydrogens is 335 g/mol. The maximum Gasteiger partial charge on any atom is 0.316 e. The molecule has 1 aliphatic rings. The van der Waals surface area contributed by atoms with Gasteiger partial charge in [-0.25, -0.2) is 0 Å². The number of para-hydroxylation sites is 1. The van der Waals surface area contributed by atoms with Crippen LogP contribution in [0.3, 0.4) is 0 Å². The highest BCUT2D eigenvalue weighted by Gasteiger charge is 2.27. The Morgan fingerprint density at radius 3 is 2.65 bits per heavy atom. The van der Waals surface area contributed by atoms with E-state index in [4.69, 9.17) is 23.2 Å². The number of anilines is 2. The molecule has 23 heavy (non-hydrogen) atoms. The number of carbonyl (C=O) groups excluding carboxylic acids is 2. The van der Waals surface area contributed by atoms with Gasteiger partial charge in [-0.15, -0.1) is 0 Å². The van der Waals surface area contributed by atoms with E-state index in [1.807, 2.05) is 24.3 Å². The molecule has 0 aliphatic carbocycles. The fraction of sp³-hybridized carbons (Fsp3) is 0.176. The molecule has 0 saturated heterocycles. The van der Waals surface area contributed by atoms with Crippen molar-refractivity contribution in [1.82, 2.24) is 0 Å². The van der Waals surface area contributed by atoms with Gasteiger partial charge in [-0.05, 0) is 36.6 Å². The van der Waals surface area contributed by atoms with Crippen molar-refractivity contribution >= 4 is 46.4 Å². The van der Waals surface area contributed by atoms with E-state index < -0.39 is 11.8 Å². The summed E-state index contributed by atoms with van der Waals surface area (Å²) in [5, 5.41) is 3.07. The minimum Gasteiger partial charge on any atom is -0.316 e. The second-order valence-electron chi connectivity index (χ2n) is 5.24. The van der Waals surface area contributed by atoms with Gasteiger partial charge in [0.05, 0.1) is 15.7 Å². The molecule has 0 aromatic heterocycles. The van der Waals surface area contributed by atoms with Gasteiger partial charge in [-0.2, -0.15) is 0 Å². The Morgan fingerprint density at radius 2 is 1.83 bits per heavy atom. The molecule has 4 nitrogen and oxygen atoms in total. The predicted octanol–water partition coefficient (Wildman–Crippen LogP) is 3.91. The van der Waals surface area contributed by atoms with Crippen LogP contribution in [0.4, 0.5) is 11.4 Å². The number of aryl methyl sites for hydroxylation is 1. The number of hydrogen-bond donors (Lipinski definition) is 1. The van der Waals surface area contributed by atoms with Gasteiger partial charge in [0.15, 0.2) is 0 Å². The first-order valence-electron chi connectivity index (χ1n) is 7.22. The van der Waals surface area contributed by atoms with Gasteiger partial charge in [0, 0.05) is 12.2 Å². The molecule has 2 aromatic rings. The van der Waals surface area contributed by atoms with Crippen molar-refractivity contribution in [3.05, 3.63) is 58.1 Å². The summed E-state index contributed by atoms with van der Waals surface area (Å²) in [4.78, 5) is 26.3. The van der Waals surface area contributed by atoms with Gasteiger partial charge in [-0.3, -0.25) is 9.59 Å². The summed E-state index contributed by atoms with van der Waals surface area (Å²) in [6.45, 7) is 0.520. The smallest absolute Gasteiger partial charge is 0.316 e. The zero-order valence-electron chi connectivity index (χ0n) is 12.2. The summed E-state index contributed by atoms with van der Waals surface area (Å²) >= 11 is 12.0. The summed E-state index contributed by atoms with van der Waals surface area (Å²) in [7, 11) is 0. The van der Waals surface area contributed by atoms with E-state index in [1.54, 1.807) is 18.2 Å². The van der Waals surface area contributed by atoms with Crippen LogP contribution in [0.25, 0.3) is 0 Å². The van der Waals surface area contributed by atoms with Crippen LogP contribution in [-0.2, 0) is 16.0 Å². The van der Waals surface area contributed by atoms with Crippen molar-refractivity contribution in [2.45, 2.75) is 12.8 Å². The second-order valence-corrected chi connectivity index (χ2v) is 6.03. The lowest BCUT2D eigenvalue weighted by molar-refractivity contribution is -0.134. The summed E-state index contributed by atoms with van der Waals surface area (Å²) in [6, 6.07) is 12.5. The van der Waals surface area contributed by atoms with Crippen LogP contribution in [0.15, 0.2) is 42.5 Å². The lowest BCUT2D eigenvalue weighted by atomic mass is 10.0. The van der Waals surface area contributed by atoms with E-state index in [2.05, 4.69) is 5.32 Å². The van der Waals surface area contributed by atoms with Gasteiger partial charge in [-0.1, -0.05) is 47.5 Å². The Hall–Kier alpha value is -2.04. The van der Waals surface area contributed by atoms with E-state index in [1.165, 1.54) is 4.90 Å². The molecular formula is C17H14Cl2N2O2. The molecule has 0 saturated carbocycles. The normalized spacial score (nSPS) is 13.4. The molecule has 6 heteroatoms. The average molecular weight is 349 g/mol. The molecule has 1 heterocycles. The number of hydrogen-bond acceptors (Lipinski definition) is 2. The van der Waals surface area contributed by atoms with Crippen LogP contribution in [0.5, 0.6) is 0 Å². The minimum atomic E-state index is -0.731. The van der Waals surface area contributed by atoms with Crippen molar-refractivity contribution in [1.29, 1.82) is 0 Å². The lowest BCUT2D eigenvalue weighted by Gasteiger charge is -2.28. The first-order valence-corrected chi connectivity index (χ1v) is 7.98. The molecule has 1 N–H and O–H groups in total. The number of halogens is 2. The Balaban J connectivity index is 1.81. The SMILES string of the molecule is O=C(Nc1cccc(Cl)c1Cl)C(=O)N1CCCc2ccccc21. The molecule has 3 rings (SSSR count). The molecule has 1 aliphatic heterocycles. The summed E-state index contributed by atoms with van der Waals surface area (Å²) < 4.78 is 0. The number of fused-ring (bicyclic) bond motifs is 1. The highest BCUT2D eigenvalue weighted by atomic mass is 35.5. The predicted molar refractivity (Wildman–Crippen MR) is 92.2 cm³/mol. The highest BCUT2D eigenvalue weighted by molar-refractivity contribution is 6.47. The fourth-order valence-electron chi connectivity index (χ4n) is 2.64. The fourth-order valence-corrected chi connectivity index (χ4v) is 2.99. The van der Waals surface area contributed by atoms with E-state index in [-0.39, 0.29) is 5.02 Å². The Bertz CT molecular complexity index is 777. The number of benzene rings is 2. The molecule has 0 radical (unpaired) electrons. The van der Waals surface area contributed by atoms with Crippen molar-refractivity contribution < 1.29 is 9.59 Å². The molecule has 0 atom stereocenters. The van der Waals surface area contributed by atoms with Gasteiger partial charge in [0.2, 0.25) is 0 Å². The third-order valence-corrected chi connectivity index (χ3v) is 4.57. The second kappa shape index (κ2) is 6.60. The maximum absolute atomic E-state index is 12.5. The molecule has 0 bridgehead atoms. The Kier molecular flexibility index (Phi) is 4.55. The van der Waals surface area contributed by atoms with E-state index in [0.717, 1.165) is 24.1 Å². The Morgan fingerprint density at radius 1 is 1.04 bits per heavy atom. The molecule has 118 valence electrons.